The highest BCUT2D eigenvalue weighted by atomic mass is 16.7. The number of esters is 2. The monoisotopic (exact) mass is 763 g/mol. The van der Waals surface area contributed by atoms with Crippen molar-refractivity contribution in [1.82, 2.24) is 0 Å². The van der Waals surface area contributed by atoms with Crippen molar-refractivity contribution < 1.29 is 42.9 Å². The van der Waals surface area contributed by atoms with Crippen LogP contribution in [-0.2, 0) is 33.3 Å². The molecule has 0 bridgehead atoms. The Kier molecular flexibility index (Phi) is 35.3. The average molecular weight is 763 g/mol. The van der Waals surface area contributed by atoms with E-state index in [4.69, 9.17) is 18.9 Å². The van der Waals surface area contributed by atoms with E-state index in [2.05, 4.69) is 62.5 Å². The lowest BCUT2D eigenvalue weighted by atomic mass is 10.0. The molecule has 9 nitrogen and oxygen atoms in total. The van der Waals surface area contributed by atoms with Gasteiger partial charge in [-0.1, -0.05) is 146 Å². The Morgan fingerprint density at radius 1 is 0.574 bits per heavy atom. The maximum absolute atomic E-state index is 12.7. The van der Waals surface area contributed by atoms with Crippen LogP contribution < -0.4 is 0 Å². The first kappa shape index (κ1) is 51.2. The molecule has 0 aliphatic heterocycles. The van der Waals surface area contributed by atoms with E-state index in [0.29, 0.717) is 23.9 Å². The summed E-state index contributed by atoms with van der Waals surface area (Å²) < 4.78 is 22.7. The second-order valence-corrected chi connectivity index (χ2v) is 15.3. The molecule has 0 radical (unpaired) electrons. The Bertz CT molecular complexity index is 1030. The Balaban J connectivity index is 4.53. The number of unbranched alkanes of at least 4 members (excludes halogenated alkanes) is 15. The van der Waals surface area contributed by atoms with E-state index in [9.17, 15) is 19.5 Å². The van der Waals surface area contributed by atoms with Gasteiger partial charge in [0.05, 0.1) is 34.4 Å². The van der Waals surface area contributed by atoms with E-state index in [0.717, 1.165) is 70.6 Å². The predicted molar refractivity (Wildman–Crippen MR) is 221 cm³/mol. The lowest BCUT2D eigenvalue weighted by Gasteiger charge is -2.25. The minimum Gasteiger partial charge on any atom is -0.477 e. The van der Waals surface area contributed by atoms with Gasteiger partial charge in [-0.15, -0.1) is 0 Å². The van der Waals surface area contributed by atoms with E-state index in [1.165, 1.54) is 57.8 Å². The van der Waals surface area contributed by atoms with Crippen LogP contribution in [0.3, 0.4) is 0 Å². The summed E-state index contributed by atoms with van der Waals surface area (Å²) in [5, 5.41) is 9.61. The summed E-state index contributed by atoms with van der Waals surface area (Å²) in [6.45, 7) is 4.71. The highest BCUT2D eigenvalue weighted by Crippen LogP contribution is 2.14. The number of likely N-dealkylation sites (N-methyl/N-ethyl adjacent to an activating group) is 1. The van der Waals surface area contributed by atoms with Gasteiger partial charge in [-0.25, -0.2) is 4.79 Å². The largest absolute Gasteiger partial charge is 0.477 e. The van der Waals surface area contributed by atoms with E-state index in [-0.39, 0.29) is 32.2 Å². The Morgan fingerprint density at radius 3 is 1.57 bits per heavy atom. The number of carboxylic acid groups (broad SMARTS) is 1. The first-order valence-electron chi connectivity index (χ1n) is 21.3. The molecule has 0 saturated carbocycles. The number of nitrogens with zero attached hydrogens (tertiary/aromatic N) is 1. The van der Waals surface area contributed by atoms with Crippen molar-refractivity contribution in [3.63, 3.8) is 0 Å². The van der Waals surface area contributed by atoms with Crippen LogP contribution >= 0.6 is 0 Å². The molecule has 0 amide bonds. The minimum atomic E-state index is -1.51. The lowest BCUT2D eigenvalue weighted by molar-refractivity contribution is -0.870. The number of hydrogen-bond donors (Lipinski definition) is 1. The molecule has 0 aromatic rings. The van der Waals surface area contributed by atoms with Crippen LogP contribution in [0, 0.1) is 0 Å². The van der Waals surface area contributed by atoms with Crippen molar-refractivity contribution in [2.24, 2.45) is 0 Å². The molecule has 0 spiro atoms. The summed E-state index contributed by atoms with van der Waals surface area (Å²) in [4.78, 5) is 37.0. The summed E-state index contributed by atoms with van der Waals surface area (Å²) in [7, 11) is 5.94. The van der Waals surface area contributed by atoms with Gasteiger partial charge < -0.3 is 28.5 Å². The minimum absolute atomic E-state index is 0.182. The zero-order chi connectivity index (χ0) is 40.0. The normalized spacial score (nSPS) is 13.4. The van der Waals surface area contributed by atoms with Gasteiger partial charge in [0.25, 0.3) is 6.29 Å². The Morgan fingerprint density at radius 2 is 1.06 bits per heavy atom. The van der Waals surface area contributed by atoms with E-state index >= 15 is 0 Å². The van der Waals surface area contributed by atoms with Crippen molar-refractivity contribution in [2.75, 3.05) is 47.5 Å². The highest BCUT2D eigenvalue weighted by Gasteiger charge is 2.25. The quantitative estimate of drug-likeness (QED) is 0.0218. The molecule has 0 saturated heterocycles. The summed E-state index contributed by atoms with van der Waals surface area (Å²) in [5.41, 5.74) is 0. The maximum Gasteiger partial charge on any atom is 0.361 e. The molecule has 1 N–H and O–H groups in total. The first-order valence-corrected chi connectivity index (χ1v) is 21.3. The number of hydrogen-bond acceptors (Lipinski definition) is 7. The molecule has 0 aromatic heterocycles. The third kappa shape index (κ3) is 37.6. The topological polar surface area (TPSA) is 108 Å². The lowest BCUT2D eigenvalue weighted by Crippen LogP contribution is -2.40. The van der Waals surface area contributed by atoms with Crippen LogP contribution in [0.15, 0.2) is 48.6 Å². The van der Waals surface area contributed by atoms with E-state index < -0.39 is 24.3 Å². The molecular formula is C45H80NO8+. The Hall–Kier alpha value is -2.75. The number of carboxylic acids is 1. The van der Waals surface area contributed by atoms with Gasteiger partial charge >= 0.3 is 17.9 Å². The third-order valence-corrected chi connectivity index (χ3v) is 8.85. The van der Waals surface area contributed by atoms with Gasteiger partial charge in [-0.3, -0.25) is 9.59 Å². The number of aliphatic carboxylic acids is 1. The molecule has 2 unspecified atom stereocenters. The van der Waals surface area contributed by atoms with Crippen molar-refractivity contribution in [1.29, 1.82) is 0 Å². The standard InChI is InChI=1S/C45H79NO8/c1-6-8-10-12-14-16-18-20-21-22-23-24-26-28-30-32-34-36-43(48)54-41(40-53-45(44(49)50)51-38-37-46(3,4)5)39-52-42(47)35-33-31-29-27-25-19-17-15-13-11-9-7-2/h8,10,14,16,20-21,23-24,41,45H,6-7,9,11-13,15,17-19,22,25-40H2,1-5H3/p+1/b10-8-,16-14-,21-20-,24-23-. The molecule has 0 fully saturated rings. The number of ether oxygens (including phenoxy) is 4. The van der Waals surface area contributed by atoms with Crippen molar-refractivity contribution in [3.05, 3.63) is 48.6 Å². The summed E-state index contributed by atoms with van der Waals surface area (Å²) >= 11 is 0. The van der Waals surface area contributed by atoms with Crippen LogP contribution in [0.4, 0.5) is 0 Å². The highest BCUT2D eigenvalue weighted by molar-refractivity contribution is 5.71. The summed E-state index contributed by atoms with van der Waals surface area (Å²) in [6, 6.07) is 0. The van der Waals surface area contributed by atoms with Crippen LogP contribution in [0.5, 0.6) is 0 Å². The van der Waals surface area contributed by atoms with Crippen LogP contribution in [0.2, 0.25) is 0 Å². The van der Waals surface area contributed by atoms with Crippen LogP contribution in [0.25, 0.3) is 0 Å². The Labute approximate surface area is 330 Å². The number of carbonyl (C=O) groups is 3. The molecule has 312 valence electrons. The maximum atomic E-state index is 12.7. The fraction of sp³-hybridized carbons (Fsp3) is 0.756. The molecule has 0 aliphatic carbocycles. The number of allylic oxidation sites excluding steroid dienone is 8. The van der Waals surface area contributed by atoms with Crippen molar-refractivity contribution >= 4 is 17.9 Å². The number of quaternary nitrogens is 1. The predicted octanol–water partition coefficient (Wildman–Crippen LogP) is 10.8. The van der Waals surface area contributed by atoms with E-state index in [1.807, 2.05) is 21.1 Å². The van der Waals surface area contributed by atoms with Gasteiger partial charge in [0.15, 0.2) is 6.10 Å². The fourth-order valence-corrected chi connectivity index (χ4v) is 5.53. The van der Waals surface area contributed by atoms with Gasteiger partial charge in [-0.2, -0.15) is 0 Å². The van der Waals surface area contributed by atoms with Gasteiger partial charge in [-0.05, 0) is 51.4 Å². The van der Waals surface area contributed by atoms with Gasteiger partial charge in [0.1, 0.15) is 13.2 Å². The summed E-state index contributed by atoms with van der Waals surface area (Å²) in [5.74, 6) is -2.04. The molecule has 0 rings (SSSR count). The zero-order valence-corrected chi connectivity index (χ0v) is 35.1. The van der Waals surface area contributed by atoms with Crippen LogP contribution in [0.1, 0.15) is 162 Å². The average Bonchev–Trinajstić information content (AvgIpc) is 3.12. The number of rotatable bonds is 38. The van der Waals surface area contributed by atoms with Gasteiger partial charge in [0.2, 0.25) is 0 Å². The molecule has 9 heteroatoms. The molecule has 54 heavy (non-hydrogen) atoms. The van der Waals surface area contributed by atoms with Crippen molar-refractivity contribution in [3.8, 4) is 0 Å². The third-order valence-electron chi connectivity index (χ3n) is 8.85. The fourth-order valence-electron chi connectivity index (χ4n) is 5.53. The second-order valence-electron chi connectivity index (χ2n) is 15.3. The molecule has 0 aliphatic rings. The second kappa shape index (κ2) is 37.2. The zero-order valence-electron chi connectivity index (χ0n) is 35.1. The van der Waals surface area contributed by atoms with E-state index in [1.54, 1.807) is 0 Å². The number of carbonyl (C=O) groups excluding carboxylic acids is 2. The summed E-state index contributed by atoms with van der Waals surface area (Å²) in [6.07, 6.45) is 38.8. The SMILES string of the molecule is CC/C=C\C/C=C\C/C=C\C/C=C\CCCCCCC(=O)OC(COC(=O)CCCCCCCCCCCCCC)COC(OCC[N+](C)(C)C)C(=O)O. The molecule has 2 atom stereocenters. The van der Waals surface area contributed by atoms with Crippen molar-refractivity contribution in [2.45, 2.75) is 174 Å². The van der Waals surface area contributed by atoms with Crippen LogP contribution in [-0.4, -0.2) is 87.4 Å². The molecule has 0 aromatic carbocycles. The smallest absolute Gasteiger partial charge is 0.361 e. The molecular weight excluding hydrogens is 682 g/mol. The van der Waals surface area contributed by atoms with Gasteiger partial charge in [0, 0.05) is 12.8 Å². The first-order chi connectivity index (χ1) is 26.1. The molecule has 0 heterocycles.